The van der Waals surface area contributed by atoms with E-state index >= 15 is 0 Å². The highest BCUT2D eigenvalue weighted by molar-refractivity contribution is 5.92. The summed E-state index contributed by atoms with van der Waals surface area (Å²) in [5.74, 6) is 0.621. The van der Waals surface area contributed by atoms with E-state index in [9.17, 15) is 9.59 Å². The second-order valence-corrected chi connectivity index (χ2v) is 4.26. The molecule has 0 unspecified atom stereocenters. The number of amides is 2. The zero-order chi connectivity index (χ0) is 13.7. The van der Waals surface area contributed by atoms with Crippen LogP contribution >= 0.6 is 0 Å². The van der Waals surface area contributed by atoms with Crippen LogP contribution in [0.5, 0.6) is 0 Å². The maximum absolute atomic E-state index is 11.4. The van der Waals surface area contributed by atoms with Gasteiger partial charge in [0.1, 0.15) is 5.82 Å². The highest BCUT2D eigenvalue weighted by Gasteiger charge is 2.17. The van der Waals surface area contributed by atoms with E-state index < -0.39 is 0 Å². The third-order valence-corrected chi connectivity index (χ3v) is 2.73. The van der Waals surface area contributed by atoms with Crippen molar-refractivity contribution in [1.29, 1.82) is 0 Å². The second kappa shape index (κ2) is 6.14. The molecule has 3 N–H and O–H groups in total. The van der Waals surface area contributed by atoms with Gasteiger partial charge in [0.2, 0.25) is 11.8 Å². The van der Waals surface area contributed by atoms with Crippen molar-refractivity contribution in [3.05, 3.63) is 18.3 Å². The van der Waals surface area contributed by atoms with Crippen LogP contribution in [0.3, 0.4) is 0 Å². The number of carbonyl (C=O) groups is 2. The summed E-state index contributed by atoms with van der Waals surface area (Å²) in [6.07, 6.45) is 1.59. The summed E-state index contributed by atoms with van der Waals surface area (Å²) in [6.45, 7) is 1.94. The van der Waals surface area contributed by atoms with Gasteiger partial charge in [-0.3, -0.25) is 9.59 Å². The monoisotopic (exact) mass is 263 g/mol. The maximum Gasteiger partial charge on any atom is 0.239 e. The van der Waals surface area contributed by atoms with Crippen molar-refractivity contribution in [2.75, 3.05) is 43.4 Å². The lowest BCUT2D eigenvalue weighted by atomic mass is 10.3. The van der Waals surface area contributed by atoms with Crippen LogP contribution in [-0.4, -0.2) is 50.0 Å². The summed E-state index contributed by atoms with van der Waals surface area (Å²) in [7, 11) is 1.71. The molecule has 7 nitrogen and oxygen atoms in total. The van der Waals surface area contributed by atoms with Crippen LogP contribution in [0.1, 0.15) is 0 Å². The number of nitrogens with one attached hydrogen (secondary N) is 3. The first-order chi connectivity index (χ1) is 9.19. The van der Waals surface area contributed by atoms with Crippen molar-refractivity contribution < 1.29 is 9.59 Å². The van der Waals surface area contributed by atoms with Gasteiger partial charge >= 0.3 is 0 Å². The number of hydrogen-bond acceptors (Lipinski definition) is 5. The van der Waals surface area contributed by atoms with Gasteiger partial charge in [-0.05, 0) is 19.2 Å². The number of likely N-dealkylation sites (N-methyl/N-ethyl adjacent to an activating group) is 1. The molecule has 1 aliphatic heterocycles. The Morgan fingerprint density at radius 3 is 3.00 bits per heavy atom. The van der Waals surface area contributed by atoms with Crippen LogP contribution in [0.15, 0.2) is 18.3 Å². The van der Waals surface area contributed by atoms with Gasteiger partial charge < -0.3 is 20.9 Å². The van der Waals surface area contributed by atoms with Crippen LogP contribution in [0, 0.1) is 0 Å². The van der Waals surface area contributed by atoms with E-state index in [1.54, 1.807) is 25.4 Å². The van der Waals surface area contributed by atoms with Crippen LogP contribution < -0.4 is 20.9 Å². The molecule has 1 aliphatic rings. The lowest BCUT2D eigenvalue weighted by molar-refractivity contribution is -0.120. The Morgan fingerprint density at radius 2 is 2.37 bits per heavy atom. The Balaban J connectivity index is 1.97. The molecule has 1 saturated heterocycles. The molecule has 0 saturated carbocycles. The first-order valence-corrected chi connectivity index (χ1v) is 6.11. The summed E-state index contributed by atoms with van der Waals surface area (Å²) in [4.78, 5) is 28.8. The Bertz CT molecular complexity index is 460. The fourth-order valence-electron chi connectivity index (χ4n) is 1.85. The van der Waals surface area contributed by atoms with Crippen molar-refractivity contribution in [1.82, 2.24) is 15.6 Å². The molecule has 1 aromatic heterocycles. The van der Waals surface area contributed by atoms with Crippen LogP contribution in [0.2, 0.25) is 0 Å². The van der Waals surface area contributed by atoms with Gasteiger partial charge in [0.05, 0.1) is 25.0 Å². The zero-order valence-corrected chi connectivity index (χ0v) is 10.8. The predicted octanol–water partition coefficient (Wildman–Crippen LogP) is -0.824. The van der Waals surface area contributed by atoms with Gasteiger partial charge in [-0.1, -0.05) is 0 Å². The minimum absolute atomic E-state index is 0.000510. The van der Waals surface area contributed by atoms with Crippen LogP contribution in [0.4, 0.5) is 11.5 Å². The normalized spacial score (nSPS) is 15.0. The van der Waals surface area contributed by atoms with Gasteiger partial charge in [0, 0.05) is 13.1 Å². The smallest absolute Gasteiger partial charge is 0.239 e. The standard InChI is InChI=1S/C12H17N5O2/c1-13-7-11(18)16-9-2-3-10(15-6-9)17-5-4-14-12(19)8-17/h2-3,6,13H,4-5,7-8H2,1H3,(H,14,19)(H,16,18). The molecule has 0 bridgehead atoms. The molecule has 2 amide bonds. The van der Waals surface area contributed by atoms with Crippen molar-refractivity contribution in [3.63, 3.8) is 0 Å². The molecule has 7 heteroatoms. The molecule has 19 heavy (non-hydrogen) atoms. The van der Waals surface area contributed by atoms with E-state index in [2.05, 4.69) is 20.9 Å². The number of rotatable bonds is 4. The van der Waals surface area contributed by atoms with E-state index in [1.807, 2.05) is 4.90 Å². The number of hydrogen-bond donors (Lipinski definition) is 3. The number of nitrogens with zero attached hydrogens (tertiary/aromatic N) is 2. The maximum atomic E-state index is 11.4. The first kappa shape index (κ1) is 13.3. The van der Waals surface area contributed by atoms with E-state index in [1.165, 1.54) is 0 Å². The summed E-state index contributed by atoms with van der Waals surface area (Å²) in [5.41, 5.74) is 0.644. The quantitative estimate of drug-likeness (QED) is 0.660. The number of aromatic nitrogens is 1. The molecule has 1 fully saturated rings. The van der Waals surface area contributed by atoms with Gasteiger partial charge in [-0.2, -0.15) is 0 Å². The molecule has 2 rings (SSSR count). The Kier molecular flexibility index (Phi) is 4.30. The third kappa shape index (κ3) is 3.65. The van der Waals surface area contributed by atoms with E-state index in [0.717, 1.165) is 12.4 Å². The minimum Gasteiger partial charge on any atom is -0.353 e. The van der Waals surface area contributed by atoms with Crippen LogP contribution in [-0.2, 0) is 9.59 Å². The van der Waals surface area contributed by atoms with E-state index in [4.69, 9.17) is 0 Å². The van der Waals surface area contributed by atoms with E-state index in [0.29, 0.717) is 18.8 Å². The SMILES string of the molecule is CNCC(=O)Nc1ccc(N2CCNC(=O)C2)nc1. The Morgan fingerprint density at radius 1 is 1.53 bits per heavy atom. The molecular weight excluding hydrogens is 246 g/mol. The number of piperazine rings is 1. The highest BCUT2D eigenvalue weighted by Crippen LogP contribution is 2.14. The molecule has 0 atom stereocenters. The molecule has 0 aliphatic carbocycles. The van der Waals surface area contributed by atoms with Crippen molar-refractivity contribution in [3.8, 4) is 0 Å². The average Bonchev–Trinajstić information content (AvgIpc) is 2.40. The van der Waals surface area contributed by atoms with Gasteiger partial charge in [0.25, 0.3) is 0 Å². The lowest BCUT2D eigenvalue weighted by Crippen LogP contribution is -2.48. The Hall–Kier alpha value is -2.15. The predicted molar refractivity (Wildman–Crippen MR) is 72.0 cm³/mol. The second-order valence-electron chi connectivity index (χ2n) is 4.26. The fraction of sp³-hybridized carbons (Fsp3) is 0.417. The zero-order valence-electron chi connectivity index (χ0n) is 10.8. The topological polar surface area (TPSA) is 86.4 Å². The molecule has 0 spiro atoms. The number of carbonyl (C=O) groups excluding carboxylic acids is 2. The Labute approximate surface area is 111 Å². The molecule has 0 radical (unpaired) electrons. The van der Waals surface area contributed by atoms with Crippen molar-refractivity contribution >= 4 is 23.3 Å². The number of pyridine rings is 1. The summed E-state index contributed by atoms with van der Waals surface area (Å²) < 4.78 is 0. The first-order valence-electron chi connectivity index (χ1n) is 6.11. The summed E-state index contributed by atoms with van der Waals surface area (Å²) in [6, 6.07) is 3.58. The summed E-state index contributed by atoms with van der Waals surface area (Å²) in [5, 5.41) is 8.25. The lowest BCUT2D eigenvalue weighted by Gasteiger charge is -2.27. The van der Waals surface area contributed by atoms with E-state index in [-0.39, 0.29) is 18.4 Å². The van der Waals surface area contributed by atoms with Gasteiger partial charge in [-0.15, -0.1) is 0 Å². The van der Waals surface area contributed by atoms with Gasteiger partial charge in [0.15, 0.2) is 0 Å². The average molecular weight is 263 g/mol. The third-order valence-electron chi connectivity index (χ3n) is 2.73. The molecule has 0 aromatic carbocycles. The molecule has 2 heterocycles. The molecule has 1 aromatic rings. The molecule has 102 valence electrons. The summed E-state index contributed by atoms with van der Waals surface area (Å²) >= 11 is 0. The van der Waals surface area contributed by atoms with Crippen LogP contribution in [0.25, 0.3) is 0 Å². The van der Waals surface area contributed by atoms with Crippen molar-refractivity contribution in [2.24, 2.45) is 0 Å². The highest BCUT2D eigenvalue weighted by atomic mass is 16.2. The fourth-order valence-corrected chi connectivity index (χ4v) is 1.85. The largest absolute Gasteiger partial charge is 0.353 e. The number of anilines is 2. The van der Waals surface area contributed by atoms with Crippen molar-refractivity contribution in [2.45, 2.75) is 0 Å². The minimum atomic E-state index is -0.116. The molecular formula is C12H17N5O2. The van der Waals surface area contributed by atoms with Gasteiger partial charge in [-0.25, -0.2) is 4.98 Å².